The van der Waals surface area contributed by atoms with Crippen LogP contribution in [-0.2, 0) is 6.17 Å². The highest BCUT2D eigenvalue weighted by Gasteiger charge is 2.40. The van der Waals surface area contributed by atoms with Gasteiger partial charge >= 0.3 is 0 Å². The van der Waals surface area contributed by atoms with E-state index in [1.165, 1.54) is 32.2 Å². The lowest BCUT2D eigenvalue weighted by molar-refractivity contribution is 0.893. The van der Waals surface area contributed by atoms with E-state index < -0.39 is 8.07 Å². The molecule has 2 nitrogen and oxygen atoms in total. The molecular weight excluding hydrogens is 535 g/mol. The fourth-order valence-electron chi connectivity index (χ4n) is 5.67. The molecule has 5 aromatic carbocycles. The van der Waals surface area contributed by atoms with Crippen LogP contribution in [-0.4, -0.2) is 24.9 Å². The largest absolute Gasteiger partial charge is 0.345 e. The zero-order valence-corrected chi connectivity index (χ0v) is 24.5. The molecule has 0 amide bonds. The molecule has 1 heterocycles. The van der Waals surface area contributed by atoms with Gasteiger partial charge in [0, 0.05) is 23.6 Å². The lowest BCUT2D eigenvalue weighted by Crippen LogP contribution is -2.70. The van der Waals surface area contributed by atoms with Crippen LogP contribution in [0.4, 0.5) is 0 Å². The Morgan fingerprint density at radius 2 is 1.17 bits per heavy atom. The van der Waals surface area contributed by atoms with Crippen molar-refractivity contribution >= 4 is 59.8 Å². The van der Waals surface area contributed by atoms with E-state index in [9.17, 15) is 0 Å². The van der Waals surface area contributed by atoms with Gasteiger partial charge in [-0.1, -0.05) is 157 Å². The Balaban J connectivity index is 1.48. The van der Waals surface area contributed by atoms with Gasteiger partial charge in [0.1, 0.15) is 0 Å². The second kappa shape index (κ2) is 12.4. The lowest BCUT2D eigenvalue weighted by atomic mass is 9.65. The number of halogens is 1. The fraction of sp³-hybridized carbons (Fsp3) is 0.0278. The van der Waals surface area contributed by atoms with Crippen molar-refractivity contribution in [2.24, 2.45) is 0 Å². The fourth-order valence-corrected chi connectivity index (χ4v) is 10.4. The predicted molar refractivity (Wildman–Crippen MR) is 179 cm³/mol. The maximum absolute atomic E-state index is 6.40. The molecule has 0 aliphatic carbocycles. The molecule has 0 saturated heterocycles. The maximum Gasteiger partial charge on any atom is 0.239 e. The van der Waals surface area contributed by atoms with Gasteiger partial charge in [0.2, 0.25) is 7.28 Å². The van der Waals surface area contributed by atoms with Crippen LogP contribution < -0.4 is 21.3 Å². The third-order valence-corrected chi connectivity index (χ3v) is 12.7. The van der Waals surface area contributed by atoms with E-state index in [0.717, 1.165) is 24.2 Å². The minimum atomic E-state index is -2.54. The SMILES string of the molecule is Clc1ccc([Si](Cn2ccnc2BC(=Cc2ccccc2)c2ccccc2)(c2ccccc2)c2ccccc2)cc1. The first kappa shape index (κ1) is 26.8. The Morgan fingerprint density at radius 3 is 1.76 bits per heavy atom. The van der Waals surface area contributed by atoms with Crippen molar-refractivity contribution in [2.45, 2.75) is 6.17 Å². The van der Waals surface area contributed by atoms with Crippen LogP contribution in [0.1, 0.15) is 11.1 Å². The molecule has 41 heavy (non-hydrogen) atoms. The van der Waals surface area contributed by atoms with Crippen molar-refractivity contribution in [3.8, 4) is 0 Å². The average molecular weight is 565 g/mol. The molecule has 0 bridgehead atoms. The molecule has 6 aromatic rings. The van der Waals surface area contributed by atoms with Gasteiger partial charge in [-0.3, -0.25) is 4.98 Å². The van der Waals surface area contributed by atoms with Crippen molar-refractivity contribution in [2.75, 3.05) is 0 Å². The summed E-state index contributed by atoms with van der Waals surface area (Å²) < 4.78 is 2.38. The van der Waals surface area contributed by atoms with Crippen molar-refractivity contribution < 1.29 is 0 Å². The number of nitrogens with zero attached hydrogens (tertiary/aromatic N) is 2. The molecule has 1 aromatic heterocycles. The van der Waals surface area contributed by atoms with Crippen LogP contribution in [0.15, 0.2) is 158 Å². The summed E-state index contributed by atoms with van der Waals surface area (Å²) in [7, 11) is -1.82. The topological polar surface area (TPSA) is 17.8 Å². The number of aromatic nitrogens is 2. The van der Waals surface area contributed by atoms with Crippen molar-refractivity contribution in [1.82, 2.24) is 9.55 Å². The van der Waals surface area contributed by atoms with Gasteiger partial charge < -0.3 is 4.57 Å². The van der Waals surface area contributed by atoms with E-state index >= 15 is 0 Å². The van der Waals surface area contributed by atoms with Crippen LogP contribution in [0.5, 0.6) is 0 Å². The summed E-state index contributed by atoms with van der Waals surface area (Å²) in [6, 6.07) is 51.6. The third-order valence-electron chi connectivity index (χ3n) is 7.71. The highest BCUT2D eigenvalue weighted by atomic mass is 35.5. The summed E-state index contributed by atoms with van der Waals surface area (Å²) >= 11 is 6.40. The van der Waals surface area contributed by atoms with Crippen LogP contribution in [0.2, 0.25) is 5.02 Å². The number of benzene rings is 5. The summed E-state index contributed by atoms with van der Waals surface area (Å²) in [5.74, 6) is 0. The molecule has 5 heteroatoms. The highest BCUT2D eigenvalue weighted by molar-refractivity contribution is 7.10. The summed E-state index contributed by atoms with van der Waals surface area (Å²) in [6.45, 7) is 0. The third kappa shape index (κ3) is 5.90. The van der Waals surface area contributed by atoms with Crippen molar-refractivity contribution in [3.63, 3.8) is 0 Å². The minimum Gasteiger partial charge on any atom is -0.345 e. The first-order chi connectivity index (χ1) is 20.2. The molecule has 6 rings (SSSR count). The molecule has 0 atom stereocenters. The zero-order valence-electron chi connectivity index (χ0n) is 22.8. The van der Waals surface area contributed by atoms with Crippen LogP contribution in [0.3, 0.4) is 0 Å². The van der Waals surface area contributed by atoms with Gasteiger partial charge in [0.25, 0.3) is 0 Å². The van der Waals surface area contributed by atoms with E-state index in [1.807, 2.05) is 18.3 Å². The van der Waals surface area contributed by atoms with E-state index in [4.69, 9.17) is 16.6 Å². The molecule has 0 N–H and O–H groups in total. The normalized spacial score (nSPS) is 11.8. The van der Waals surface area contributed by atoms with E-state index in [0.29, 0.717) is 0 Å². The first-order valence-electron chi connectivity index (χ1n) is 13.9. The maximum atomic E-state index is 6.40. The summed E-state index contributed by atoms with van der Waals surface area (Å²) in [4.78, 5) is 4.93. The average Bonchev–Trinajstić information content (AvgIpc) is 3.48. The second-order valence-corrected chi connectivity index (χ2v) is 14.5. The van der Waals surface area contributed by atoms with E-state index in [-0.39, 0.29) is 0 Å². The van der Waals surface area contributed by atoms with E-state index in [1.54, 1.807) is 0 Å². The first-order valence-corrected chi connectivity index (χ1v) is 16.5. The van der Waals surface area contributed by atoms with Crippen molar-refractivity contribution in [1.29, 1.82) is 0 Å². The Kier molecular flexibility index (Phi) is 8.13. The highest BCUT2D eigenvalue weighted by Crippen LogP contribution is 2.18. The van der Waals surface area contributed by atoms with Gasteiger partial charge in [-0.25, -0.2) is 0 Å². The van der Waals surface area contributed by atoms with Crippen LogP contribution >= 0.6 is 11.6 Å². The van der Waals surface area contributed by atoms with Gasteiger partial charge in [0.15, 0.2) is 8.07 Å². The molecule has 0 radical (unpaired) electrons. The molecule has 0 aliphatic rings. The molecule has 198 valence electrons. The number of hydrogen-bond acceptors (Lipinski definition) is 1. The monoisotopic (exact) mass is 564 g/mol. The molecule has 0 saturated carbocycles. The minimum absolute atomic E-state index is 0.723. The Bertz CT molecular complexity index is 1680. The van der Waals surface area contributed by atoms with E-state index in [2.05, 4.69) is 150 Å². The van der Waals surface area contributed by atoms with Gasteiger partial charge in [0.05, 0.1) is 5.72 Å². The second-order valence-electron chi connectivity index (χ2n) is 10.2. The van der Waals surface area contributed by atoms with Gasteiger partial charge in [-0.2, -0.15) is 0 Å². The summed E-state index contributed by atoms with van der Waals surface area (Å²) in [5, 5.41) is 4.79. The predicted octanol–water partition coefficient (Wildman–Crippen LogP) is 5.51. The van der Waals surface area contributed by atoms with Crippen molar-refractivity contribution in [3.05, 3.63) is 174 Å². The number of hydrogen-bond donors (Lipinski definition) is 0. The summed E-state index contributed by atoms with van der Waals surface area (Å²) in [6.07, 6.45) is 7.19. The molecule has 0 fully saturated rings. The van der Waals surface area contributed by atoms with Gasteiger partial charge in [-0.05, 0) is 38.8 Å². The molecule has 0 unspecified atom stereocenters. The van der Waals surface area contributed by atoms with Gasteiger partial charge in [-0.15, -0.1) is 0 Å². The zero-order chi connectivity index (χ0) is 27.9. The Labute approximate surface area is 248 Å². The Morgan fingerprint density at radius 1 is 0.659 bits per heavy atom. The van der Waals surface area contributed by atoms with Crippen LogP contribution in [0.25, 0.3) is 11.5 Å². The smallest absolute Gasteiger partial charge is 0.239 e. The number of rotatable bonds is 9. The Hall–Kier alpha value is -4.38. The quantitative estimate of drug-likeness (QED) is 0.129. The number of imidazole rings is 1. The lowest BCUT2D eigenvalue weighted by Gasteiger charge is -2.34. The van der Waals surface area contributed by atoms with Crippen LogP contribution in [0, 0.1) is 0 Å². The summed E-state index contributed by atoms with van der Waals surface area (Å²) in [5.41, 5.74) is 4.68. The molecule has 0 spiro atoms. The standard InChI is InChI=1S/C36H30BClN2Si/c38-31-21-23-34(24-22-31)41(32-17-9-3-10-18-32,33-19-11-4-12-20-33)28-40-26-25-39-36(40)37-35(30-15-7-2-8-16-30)27-29-13-5-1-6-14-29/h1-27,37H,28H2. The molecular formula is C36H30BClN2Si. The molecule has 0 aliphatic heterocycles.